The topological polar surface area (TPSA) is 50.8 Å². The van der Waals surface area contributed by atoms with Crippen LogP contribution in [0.2, 0.25) is 0 Å². The van der Waals surface area contributed by atoms with Crippen LogP contribution in [0.4, 0.5) is 0 Å². The van der Waals surface area contributed by atoms with Crippen molar-refractivity contribution in [2.75, 3.05) is 12.4 Å². The van der Waals surface area contributed by atoms with Crippen LogP contribution >= 0.6 is 11.8 Å². The molecule has 21 heavy (non-hydrogen) atoms. The Labute approximate surface area is 127 Å². The number of nitrogens with one attached hydrogen (secondary N) is 1. The highest BCUT2D eigenvalue weighted by Gasteiger charge is 2.27. The molecule has 3 aromatic rings. The first-order chi connectivity index (χ1) is 10.3. The standard InChI is InChI=1S/C16H15N3OS/c1-2-20-14-8-7-12-16(18-14)19-15(17-12)11-9-21-13-6-4-3-5-10(11)13/h3-8,11H,2,9H2,1H3,(H,17,18,19). The van der Waals surface area contributed by atoms with Gasteiger partial charge < -0.3 is 9.72 Å². The first kappa shape index (κ1) is 12.7. The lowest BCUT2D eigenvalue weighted by molar-refractivity contribution is 0.328. The molecule has 5 heteroatoms. The fourth-order valence-electron chi connectivity index (χ4n) is 2.68. The van der Waals surface area contributed by atoms with Crippen molar-refractivity contribution in [3.63, 3.8) is 0 Å². The minimum absolute atomic E-state index is 0.316. The lowest BCUT2D eigenvalue weighted by Crippen LogP contribution is -2.01. The molecular weight excluding hydrogens is 282 g/mol. The fourth-order valence-corrected chi connectivity index (χ4v) is 3.91. The fraction of sp³-hybridized carbons (Fsp3) is 0.250. The van der Waals surface area contributed by atoms with Gasteiger partial charge in [0.15, 0.2) is 5.65 Å². The molecule has 0 fully saturated rings. The van der Waals surface area contributed by atoms with Crippen molar-refractivity contribution in [2.24, 2.45) is 0 Å². The summed E-state index contributed by atoms with van der Waals surface area (Å²) in [6.07, 6.45) is 0. The molecule has 0 bridgehead atoms. The molecule has 1 N–H and O–H groups in total. The zero-order chi connectivity index (χ0) is 14.2. The Morgan fingerprint density at radius 1 is 1.24 bits per heavy atom. The molecule has 3 heterocycles. The van der Waals surface area contributed by atoms with Gasteiger partial charge in [-0.3, -0.25) is 0 Å². The summed E-state index contributed by atoms with van der Waals surface area (Å²) in [4.78, 5) is 13.9. The van der Waals surface area contributed by atoms with E-state index in [-0.39, 0.29) is 0 Å². The predicted molar refractivity (Wildman–Crippen MR) is 84.1 cm³/mol. The highest BCUT2D eigenvalue weighted by atomic mass is 32.2. The third-order valence-corrected chi connectivity index (χ3v) is 4.84. The highest BCUT2D eigenvalue weighted by Crippen LogP contribution is 2.42. The van der Waals surface area contributed by atoms with Crippen molar-refractivity contribution in [1.29, 1.82) is 0 Å². The summed E-state index contributed by atoms with van der Waals surface area (Å²) in [5.41, 5.74) is 3.04. The predicted octanol–water partition coefficient (Wildman–Crippen LogP) is 3.59. The summed E-state index contributed by atoms with van der Waals surface area (Å²) < 4.78 is 5.44. The van der Waals surface area contributed by atoms with E-state index in [2.05, 4.69) is 39.2 Å². The largest absolute Gasteiger partial charge is 0.478 e. The van der Waals surface area contributed by atoms with Crippen LogP contribution in [0.5, 0.6) is 5.88 Å². The third-order valence-electron chi connectivity index (χ3n) is 3.66. The smallest absolute Gasteiger partial charge is 0.215 e. The Morgan fingerprint density at radius 2 is 2.14 bits per heavy atom. The normalized spacial score (nSPS) is 17.1. The van der Waals surface area contributed by atoms with E-state index in [0.29, 0.717) is 18.4 Å². The Balaban J connectivity index is 1.75. The molecule has 0 radical (unpaired) electrons. The lowest BCUT2D eigenvalue weighted by Gasteiger charge is -2.06. The minimum Gasteiger partial charge on any atom is -0.478 e. The summed E-state index contributed by atoms with van der Waals surface area (Å²) in [6.45, 7) is 2.57. The van der Waals surface area contributed by atoms with Gasteiger partial charge in [-0.15, -0.1) is 11.8 Å². The van der Waals surface area contributed by atoms with Crippen molar-refractivity contribution in [1.82, 2.24) is 15.0 Å². The van der Waals surface area contributed by atoms with Crippen LogP contribution < -0.4 is 4.74 Å². The van der Waals surface area contributed by atoms with Crippen molar-refractivity contribution in [3.8, 4) is 5.88 Å². The second-order valence-electron chi connectivity index (χ2n) is 4.98. The van der Waals surface area contributed by atoms with Crippen LogP contribution in [0, 0.1) is 0 Å². The van der Waals surface area contributed by atoms with Gasteiger partial charge in [-0.25, -0.2) is 4.98 Å². The SMILES string of the molecule is CCOc1ccc2[nH]c(C3CSc4ccccc43)nc2n1. The molecule has 1 aliphatic heterocycles. The van der Waals surface area contributed by atoms with E-state index in [1.54, 1.807) is 0 Å². The molecule has 1 aliphatic rings. The number of benzene rings is 1. The molecule has 1 unspecified atom stereocenters. The number of hydrogen-bond acceptors (Lipinski definition) is 4. The minimum atomic E-state index is 0.316. The number of rotatable bonds is 3. The van der Waals surface area contributed by atoms with Gasteiger partial charge in [-0.2, -0.15) is 4.98 Å². The number of imidazole rings is 1. The van der Waals surface area contributed by atoms with Crippen molar-refractivity contribution >= 4 is 22.9 Å². The summed E-state index contributed by atoms with van der Waals surface area (Å²) in [7, 11) is 0. The molecule has 0 saturated carbocycles. The number of aromatic nitrogens is 3. The van der Waals surface area contributed by atoms with Crippen LogP contribution in [0.3, 0.4) is 0 Å². The third kappa shape index (κ3) is 2.17. The Bertz CT molecular complexity index is 799. The van der Waals surface area contributed by atoms with E-state index in [1.165, 1.54) is 10.5 Å². The molecule has 4 rings (SSSR count). The van der Waals surface area contributed by atoms with Gasteiger partial charge in [-0.05, 0) is 24.6 Å². The first-order valence-corrected chi connectivity index (χ1v) is 8.05. The van der Waals surface area contributed by atoms with E-state index in [0.717, 1.165) is 22.7 Å². The van der Waals surface area contributed by atoms with Crippen molar-refractivity contribution in [3.05, 3.63) is 47.8 Å². The summed E-state index contributed by atoms with van der Waals surface area (Å²) in [5, 5.41) is 0. The van der Waals surface area contributed by atoms with Crippen molar-refractivity contribution < 1.29 is 4.74 Å². The maximum absolute atomic E-state index is 5.44. The van der Waals surface area contributed by atoms with Gasteiger partial charge in [0.1, 0.15) is 5.82 Å². The molecular formula is C16H15N3OS. The van der Waals surface area contributed by atoms with Crippen LogP contribution in [0.25, 0.3) is 11.2 Å². The Hall–Kier alpha value is -2.01. The number of hydrogen-bond donors (Lipinski definition) is 1. The highest BCUT2D eigenvalue weighted by molar-refractivity contribution is 7.99. The Kier molecular flexibility index (Phi) is 3.07. The molecule has 106 valence electrons. The first-order valence-electron chi connectivity index (χ1n) is 7.06. The van der Waals surface area contributed by atoms with Crippen LogP contribution in [-0.4, -0.2) is 27.3 Å². The van der Waals surface area contributed by atoms with E-state index in [4.69, 9.17) is 4.74 Å². The number of H-pyrrole nitrogens is 1. The average molecular weight is 297 g/mol. The molecule has 0 aliphatic carbocycles. The average Bonchev–Trinajstić information content (AvgIpc) is 3.10. The molecule has 0 spiro atoms. The number of ether oxygens (including phenoxy) is 1. The second-order valence-corrected chi connectivity index (χ2v) is 6.04. The molecule has 0 saturated heterocycles. The van der Waals surface area contributed by atoms with Crippen LogP contribution in [-0.2, 0) is 0 Å². The van der Waals surface area contributed by atoms with Gasteiger partial charge in [0.2, 0.25) is 5.88 Å². The van der Waals surface area contributed by atoms with E-state index in [1.807, 2.05) is 30.8 Å². The summed E-state index contributed by atoms with van der Waals surface area (Å²) in [6, 6.07) is 12.4. The second kappa shape index (κ2) is 5.07. The molecule has 0 amide bonds. The van der Waals surface area contributed by atoms with Crippen LogP contribution in [0.15, 0.2) is 41.3 Å². The summed E-state index contributed by atoms with van der Waals surface area (Å²) in [5.74, 6) is 2.96. The zero-order valence-corrected chi connectivity index (χ0v) is 12.5. The lowest BCUT2D eigenvalue weighted by atomic mass is 10.0. The van der Waals surface area contributed by atoms with Gasteiger partial charge in [-0.1, -0.05) is 18.2 Å². The zero-order valence-electron chi connectivity index (χ0n) is 11.7. The monoisotopic (exact) mass is 297 g/mol. The van der Waals surface area contributed by atoms with E-state index in [9.17, 15) is 0 Å². The quantitative estimate of drug-likeness (QED) is 0.802. The number of pyridine rings is 1. The number of thioether (sulfide) groups is 1. The Morgan fingerprint density at radius 3 is 3.05 bits per heavy atom. The van der Waals surface area contributed by atoms with E-state index >= 15 is 0 Å². The van der Waals surface area contributed by atoms with Gasteiger partial charge in [0.05, 0.1) is 18.0 Å². The molecule has 1 aromatic carbocycles. The van der Waals surface area contributed by atoms with E-state index < -0.39 is 0 Å². The van der Waals surface area contributed by atoms with Crippen molar-refractivity contribution in [2.45, 2.75) is 17.7 Å². The number of fused-ring (bicyclic) bond motifs is 2. The molecule has 2 aromatic heterocycles. The molecule has 1 atom stereocenters. The number of aromatic amines is 1. The van der Waals surface area contributed by atoms with Gasteiger partial charge >= 0.3 is 0 Å². The molecule has 4 nitrogen and oxygen atoms in total. The maximum Gasteiger partial charge on any atom is 0.215 e. The van der Waals surface area contributed by atoms with Crippen LogP contribution in [0.1, 0.15) is 24.2 Å². The van der Waals surface area contributed by atoms with Gasteiger partial charge in [0.25, 0.3) is 0 Å². The van der Waals surface area contributed by atoms with Gasteiger partial charge in [0, 0.05) is 16.7 Å². The maximum atomic E-state index is 5.44. The number of nitrogens with zero attached hydrogens (tertiary/aromatic N) is 2. The summed E-state index contributed by atoms with van der Waals surface area (Å²) >= 11 is 1.89.